The van der Waals surface area contributed by atoms with Crippen LogP contribution in [0.5, 0.6) is 5.75 Å². The fraction of sp³-hybridized carbons (Fsp3) is 0.333. The summed E-state index contributed by atoms with van der Waals surface area (Å²) < 4.78 is 5.57. The number of nitrogens with zero attached hydrogens (tertiary/aromatic N) is 2. The fourth-order valence-corrected chi connectivity index (χ4v) is 4.11. The molecule has 2 aromatic carbocycles. The third-order valence-electron chi connectivity index (χ3n) is 5.92. The van der Waals surface area contributed by atoms with Crippen molar-refractivity contribution in [1.29, 1.82) is 0 Å². The van der Waals surface area contributed by atoms with Crippen molar-refractivity contribution in [3.8, 4) is 5.75 Å². The lowest BCUT2D eigenvalue weighted by Crippen LogP contribution is -2.33. The normalized spacial score (nSPS) is 17.5. The van der Waals surface area contributed by atoms with Crippen molar-refractivity contribution in [2.75, 3.05) is 32.8 Å². The van der Waals surface area contributed by atoms with E-state index in [2.05, 4.69) is 25.3 Å². The first-order valence-corrected chi connectivity index (χ1v) is 11.4. The molecule has 6 heteroatoms. The molecule has 0 unspecified atom stereocenters. The maximum atomic E-state index is 13.1. The lowest BCUT2D eigenvalue weighted by atomic mass is 9.95. The first-order valence-electron chi connectivity index (χ1n) is 11.4. The lowest BCUT2D eigenvalue weighted by molar-refractivity contribution is -0.140. The zero-order valence-electron chi connectivity index (χ0n) is 19.4. The summed E-state index contributed by atoms with van der Waals surface area (Å²) in [6, 6.07) is 15.5. The van der Waals surface area contributed by atoms with Crippen LogP contribution >= 0.6 is 0 Å². The molecule has 33 heavy (non-hydrogen) atoms. The number of carbonyl (C=O) groups excluding carboxylic acids is 2. The summed E-state index contributed by atoms with van der Waals surface area (Å²) in [6.45, 7) is 11.4. The number of likely N-dealkylation sites (tertiary alicyclic amines) is 1. The van der Waals surface area contributed by atoms with E-state index in [1.165, 1.54) is 0 Å². The Hall–Kier alpha value is -3.38. The second-order valence-electron chi connectivity index (χ2n) is 7.91. The topological polar surface area (TPSA) is 70.1 Å². The van der Waals surface area contributed by atoms with E-state index in [1.54, 1.807) is 47.4 Å². The zero-order valence-corrected chi connectivity index (χ0v) is 19.4. The molecule has 2 aromatic rings. The van der Waals surface area contributed by atoms with Crippen molar-refractivity contribution >= 4 is 17.4 Å². The number of hydrogen-bond acceptors (Lipinski definition) is 5. The Balaban J connectivity index is 1.98. The van der Waals surface area contributed by atoms with Crippen molar-refractivity contribution in [3.05, 3.63) is 84.0 Å². The molecule has 1 atom stereocenters. The molecule has 1 N–H and O–H groups in total. The molecule has 1 amide bonds. The quantitative estimate of drug-likeness (QED) is 0.239. The SMILES string of the molecule is C=CCOc1ccc([C@H]2C(=C(O)c3ccccc3)C(=O)C(=O)N2CCCN(CC)CC)cc1. The van der Waals surface area contributed by atoms with Crippen molar-refractivity contribution in [1.82, 2.24) is 9.80 Å². The number of ether oxygens (including phenoxy) is 1. The zero-order chi connectivity index (χ0) is 23.8. The van der Waals surface area contributed by atoms with Gasteiger partial charge in [0.2, 0.25) is 0 Å². The Morgan fingerprint density at radius 1 is 1.09 bits per heavy atom. The Kier molecular flexibility index (Phi) is 8.44. The molecular weight excluding hydrogens is 416 g/mol. The van der Waals surface area contributed by atoms with Gasteiger partial charge in [-0.25, -0.2) is 0 Å². The third-order valence-corrected chi connectivity index (χ3v) is 5.92. The van der Waals surface area contributed by atoms with E-state index in [1.807, 2.05) is 18.2 Å². The smallest absolute Gasteiger partial charge is 0.295 e. The van der Waals surface area contributed by atoms with E-state index >= 15 is 0 Å². The molecule has 0 aromatic heterocycles. The van der Waals surface area contributed by atoms with Crippen LogP contribution in [0.1, 0.15) is 37.4 Å². The van der Waals surface area contributed by atoms with Gasteiger partial charge in [-0.15, -0.1) is 0 Å². The maximum absolute atomic E-state index is 13.1. The first-order chi connectivity index (χ1) is 16.0. The molecule has 1 saturated heterocycles. The highest BCUT2D eigenvalue weighted by atomic mass is 16.5. The molecule has 0 spiro atoms. The monoisotopic (exact) mass is 448 g/mol. The van der Waals surface area contributed by atoms with Gasteiger partial charge in [-0.2, -0.15) is 0 Å². The second-order valence-corrected chi connectivity index (χ2v) is 7.91. The molecule has 0 aliphatic carbocycles. The lowest BCUT2D eigenvalue weighted by Gasteiger charge is -2.27. The standard InChI is InChI=1S/C27H32N2O4/c1-4-19-33-22-15-13-20(14-16-22)24-23(25(30)21-11-8-7-9-12-21)26(31)27(32)29(24)18-10-17-28(5-2)6-3/h4,7-9,11-16,24,30H,1,5-6,10,17-19H2,2-3H3/t24-/m0/s1. The van der Waals surface area contributed by atoms with Gasteiger partial charge in [0.1, 0.15) is 18.1 Å². The molecule has 0 bridgehead atoms. The molecule has 174 valence electrons. The molecule has 1 aliphatic rings. The molecule has 6 nitrogen and oxygen atoms in total. The van der Waals surface area contributed by atoms with Crippen LogP contribution in [0.2, 0.25) is 0 Å². The van der Waals surface area contributed by atoms with Crippen LogP contribution < -0.4 is 4.74 Å². The van der Waals surface area contributed by atoms with Gasteiger partial charge in [-0.1, -0.05) is 69.0 Å². The molecule has 3 rings (SSSR count). The van der Waals surface area contributed by atoms with Gasteiger partial charge in [0.05, 0.1) is 11.6 Å². The second kappa shape index (κ2) is 11.5. The van der Waals surface area contributed by atoms with Crippen molar-refractivity contribution < 1.29 is 19.4 Å². The van der Waals surface area contributed by atoms with E-state index in [9.17, 15) is 14.7 Å². The minimum absolute atomic E-state index is 0.119. The van der Waals surface area contributed by atoms with Gasteiger partial charge < -0.3 is 19.6 Å². The van der Waals surface area contributed by atoms with Crippen molar-refractivity contribution in [2.24, 2.45) is 0 Å². The van der Waals surface area contributed by atoms with Crippen LogP contribution in [0.4, 0.5) is 0 Å². The number of carbonyl (C=O) groups is 2. The molecule has 0 radical (unpaired) electrons. The number of hydrogen-bond donors (Lipinski definition) is 1. The third kappa shape index (κ3) is 5.52. The summed E-state index contributed by atoms with van der Waals surface area (Å²) in [5, 5.41) is 11.1. The summed E-state index contributed by atoms with van der Waals surface area (Å²) in [5.74, 6) is -0.724. The Morgan fingerprint density at radius 2 is 1.76 bits per heavy atom. The van der Waals surface area contributed by atoms with Crippen molar-refractivity contribution in [3.63, 3.8) is 0 Å². The van der Waals surface area contributed by atoms with Gasteiger partial charge in [-0.3, -0.25) is 9.59 Å². The first kappa shape index (κ1) is 24.3. The molecule has 1 fully saturated rings. The summed E-state index contributed by atoms with van der Waals surface area (Å²) in [5.41, 5.74) is 1.38. The maximum Gasteiger partial charge on any atom is 0.295 e. The average Bonchev–Trinajstić information content (AvgIpc) is 3.10. The fourth-order valence-electron chi connectivity index (χ4n) is 4.11. The Bertz CT molecular complexity index is 995. The van der Waals surface area contributed by atoms with Gasteiger partial charge in [0.15, 0.2) is 0 Å². The van der Waals surface area contributed by atoms with E-state index in [0.29, 0.717) is 24.5 Å². The number of aliphatic hydroxyl groups excluding tert-OH is 1. The van der Waals surface area contributed by atoms with E-state index in [0.717, 1.165) is 31.6 Å². The van der Waals surface area contributed by atoms with Gasteiger partial charge in [0, 0.05) is 12.1 Å². The predicted octanol–water partition coefficient (Wildman–Crippen LogP) is 4.41. The summed E-state index contributed by atoms with van der Waals surface area (Å²) >= 11 is 0. The van der Waals surface area contributed by atoms with Gasteiger partial charge >= 0.3 is 0 Å². The summed E-state index contributed by atoms with van der Waals surface area (Å²) in [4.78, 5) is 30.0. The van der Waals surface area contributed by atoms with E-state index in [-0.39, 0.29) is 11.3 Å². The summed E-state index contributed by atoms with van der Waals surface area (Å²) in [6.07, 6.45) is 2.40. The molecular formula is C27H32N2O4. The highest BCUT2D eigenvalue weighted by Crippen LogP contribution is 2.39. The highest BCUT2D eigenvalue weighted by Gasteiger charge is 2.45. The van der Waals surface area contributed by atoms with E-state index in [4.69, 9.17) is 4.74 Å². The van der Waals surface area contributed by atoms with Crippen LogP contribution in [-0.2, 0) is 9.59 Å². The largest absolute Gasteiger partial charge is 0.507 e. The number of ketones is 1. The number of benzene rings is 2. The summed E-state index contributed by atoms with van der Waals surface area (Å²) in [7, 11) is 0. The molecule has 1 heterocycles. The van der Waals surface area contributed by atoms with E-state index < -0.39 is 17.7 Å². The van der Waals surface area contributed by atoms with Gasteiger partial charge in [-0.05, 0) is 43.8 Å². The van der Waals surface area contributed by atoms with Crippen LogP contribution in [0.3, 0.4) is 0 Å². The van der Waals surface area contributed by atoms with Crippen LogP contribution in [0.25, 0.3) is 5.76 Å². The Morgan fingerprint density at radius 3 is 2.36 bits per heavy atom. The van der Waals surface area contributed by atoms with Gasteiger partial charge in [0.25, 0.3) is 11.7 Å². The number of Topliss-reactive ketones (excluding diaryl/α,β-unsaturated/α-hetero) is 1. The predicted molar refractivity (Wildman–Crippen MR) is 130 cm³/mol. The minimum Gasteiger partial charge on any atom is -0.507 e. The van der Waals surface area contributed by atoms with Crippen LogP contribution in [-0.4, -0.2) is 59.4 Å². The minimum atomic E-state index is -0.657. The van der Waals surface area contributed by atoms with Crippen LogP contribution in [0.15, 0.2) is 72.8 Å². The number of amides is 1. The van der Waals surface area contributed by atoms with Crippen LogP contribution in [0, 0.1) is 0 Å². The number of aliphatic hydroxyl groups is 1. The number of rotatable bonds is 11. The molecule has 0 saturated carbocycles. The van der Waals surface area contributed by atoms with Crippen molar-refractivity contribution in [2.45, 2.75) is 26.3 Å². The molecule has 1 aliphatic heterocycles. The highest BCUT2D eigenvalue weighted by molar-refractivity contribution is 6.46. The Labute approximate surface area is 195 Å². The average molecular weight is 449 g/mol.